The number of carboxylic acid groups (broad SMARTS) is 1. The number of piperazine rings is 1. The Hall–Kier alpha value is -0.950. The molecule has 0 saturated carbocycles. The van der Waals surface area contributed by atoms with Gasteiger partial charge in [-0.05, 0) is 18.6 Å². The number of hydrogen-bond donors (Lipinski definition) is 2. The molecular weight excluding hydrogens is 264 g/mol. The maximum Gasteiger partial charge on any atom is 0.345 e. The van der Waals surface area contributed by atoms with Crippen LogP contribution in [0.5, 0.6) is 0 Å². The van der Waals surface area contributed by atoms with Crippen LogP contribution in [0.3, 0.4) is 0 Å². The molecular formula is C13H20N2O3S. The van der Waals surface area contributed by atoms with Crippen molar-refractivity contribution < 1.29 is 15.0 Å². The van der Waals surface area contributed by atoms with Crippen LogP contribution in [0.2, 0.25) is 0 Å². The molecule has 5 nitrogen and oxygen atoms in total. The Morgan fingerprint density at radius 2 is 1.95 bits per heavy atom. The molecule has 0 radical (unpaired) electrons. The summed E-state index contributed by atoms with van der Waals surface area (Å²) < 4.78 is 0. The van der Waals surface area contributed by atoms with Crippen LogP contribution in [-0.2, 0) is 6.54 Å². The molecule has 1 aromatic rings. The minimum absolute atomic E-state index is 0.214. The summed E-state index contributed by atoms with van der Waals surface area (Å²) in [6, 6.07) is 1.79. The molecule has 0 amide bonds. The summed E-state index contributed by atoms with van der Waals surface area (Å²) in [6.45, 7) is 7.64. The monoisotopic (exact) mass is 284 g/mol. The molecule has 106 valence electrons. The molecule has 0 aliphatic carbocycles. The normalized spacial score (nSPS) is 17.8. The van der Waals surface area contributed by atoms with Gasteiger partial charge in [-0.2, -0.15) is 0 Å². The van der Waals surface area contributed by atoms with E-state index in [9.17, 15) is 4.79 Å². The van der Waals surface area contributed by atoms with E-state index in [0.29, 0.717) is 4.88 Å². The molecule has 1 aliphatic rings. The maximum atomic E-state index is 10.9. The average Bonchev–Trinajstić information content (AvgIpc) is 2.74. The number of carboxylic acids is 1. The largest absolute Gasteiger partial charge is 0.477 e. The predicted molar refractivity (Wildman–Crippen MR) is 74.8 cm³/mol. The van der Waals surface area contributed by atoms with Crippen molar-refractivity contribution in [2.75, 3.05) is 39.3 Å². The number of carbonyl (C=O) groups is 1. The van der Waals surface area contributed by atoms with Crippen LogP contribution in [0.1, 0.15) is 20.1 Å². The summed E-state index contributed by atoms with van der Waals surface area (Å²) in [4.78, 5) is 17.0. The van der Waals surface area contributed by atoms with E-state index in [1.54, 1.807) is 6.07 Å². The van der Waals surface area contributed by atoms with E-state index in [4.69, 9.17) is 10.2 Å². The third kappa shape index (κ3) is 3.76. The van der Waals surface area contributed by atoms with Crippen molar-refractivity contribution in [1.29, 1.82) is 0 Å². The zero-order chi connectivity index (χ0) is 13.8. The second kappa shape index (κ2) is 6.47. The third-order valence-electron chi connectivity index (χ3n) is 3.51. The Balaban J connectivity index is 1.90. The van der Waals surface area contributed by atoms with E-state index in [-0.39, 0.29) is 6.61 Å². The SMILES string of the molecule is Cc1sc(C(=O)O)cc1CN1CCN(CCO)CC1. The molecule has 0 aromatic carbocycles. The number of nitrogens with zero attached hydrogens (tertiary/aromatic N) is 2. The smallest absolute Gasteiger partial charge is 0.345 e. The maximum absolute atomic E-state index is 10.9. The van der Waals surface area contributed by atoms with E-state index in [1.165, 1.54) is 11.3 Å². The van der Waals surface area contributed by atoms with E-state index in [0.717, 1.165) is 49.7 Å². The number of aliphatic hydroxyl groups excluding tert-OH is 1. The fourth-order valence-electron chi connectivity index (χ4n) is 2.34. The van der Waals surface area contributed by atoms with Gasteiger partial charge in [-0.15, -0.1) is 11.3 Å². The summed E-state index contributed by atoms with van der Waals surface area (Å²) in [5.74, 6) is -0.841. The van der Waals surface area contributed by atoms with Crippen molar-refractivity contribution in [3.63, 3.8) is 0 Å². The summed E-state index contributed by atoms with van der Waals surface area (Å²) in [5, 5.41) is 17.9. The fraction of sp³-hybridized carbons (Fsp3) is 0.615. The zero-order valence-electron chi connectivity index (χ0n) is 11.1. The molecule has 6 heteroatoms. The number of rotatable bonds is 5. The predicted octanol–water partition coefficient (Wildman–Crippen LogP) is 0.865. The summed E-state index contributed by atoms with van der Waals surface area (Å²) in [6.07, 6.45) is 0. The molecule has 1 saturated heterocycles. The summed E-state index contributed by atoms with van der Waals surface area (Å²) >= 11 is 1.35. The topological polar surface area (TPSA) is 64.0 Å². The van der Waals surface area contributed by atoms with Crippen LogP contribution < -0.4 is 0 Å². The van der Waals surface area contributed by atoms with Crippen molar-refractivity contribution >= 4 is 17.3 Å². The lowest BCUT2D eigenvalue weighted by atomic mass is 10.2. The number of aromatic carboxylic acids is 1. The lowest BCUT2D eigenvalue weighted by molar-refractivity contribution is 0.0702. The molecule has 1 fully saturated rings. The second-order valence-corrected chi connectivity index (χ2v) is 6.09. The van der Waals surface area contributed by atoms with Crippen molar-refractivity contribution in [3.05, 3.63) is 21.4 Å². The molecule has 2 heterocycles. The Morgan fingerprint density at radius 1 is 1.32 bits per heavy atom. The van der Waals surface area contributed by atoms with E-state index < -0.39 is 5.97 Å². The average molecular weight is 284 g/mol. The standard InChI is InChI=1S/C13H20N2O3S/c1-10-11(8-12(19-10)13(17)18)9-15-4-2-14(3-5-15)6-7-16/h8,16H,2-7,9H2,1H3,(H,17,18). The van der Waals surface area contributed by atoms with Gasteiger partial charge in [-0.1, -0.05) is 0 Å². The van der Waals surface area contributed by atoms with Crippen LogP contribution in [-0.4, -0.2) is 65.3 Å². The lowest BCUT2D eigenvalue weighted by Crippen LogP contribution is -2.46. The minimum atomic E-state index is -0.841. The van der Waals surface area contributed by atoms with Gasteiger partial charge in [0, 0.05) is 44.1 Å². The first-order valence-electron chi connectivity index (χ1n) is 6.48. The highest BCUT2D eigenvalue weighted by atomic mass is 32.1. The van der Waals surface area contributed by atoms with Crippen LogP contribution >= 0.6 is 11.3 Å². The molecule has 0 atom stereocenters. The van der Waals surface area contributed by atoms with Gasteiger partial charge >= 0.3 is 5.97 Å². The molecule has 0 bridgehead atoms. The number of hydrogen-bond acceptors (Lipinski definition) is 5. The molecule has 0 spiro atoms. The van der Waals surface area contributed by atoms with Crippen LogP contribution in [0.25, 0.3) is 0 Å². The highest BCUT2D eigenvalue weighted by molar-refractivity contribution is 7.14. The van der Waals surface area contributed by atoms with Crippen LogP contribution in [0.4, 0.5) is 0 Å². The van der Waals surface area contributed by atoms with Crippen LogP contribution in [0.15, 0.2) is 6.07 Å². The molecule has 19 heavy (non-hydrogen) atoms. The number of aliphatic hydroxyl groups is 1. The number of β-amino-alcohol motifs (C(OH)–C–C–N with tert-alkyl or cyclic N) is 1. The Bertz CT molecular complexity index is 439. The van der Waals surface area contributed by atoms with Gasteiger partial charge in [0.05, 0.1) is 6.61 Å². The minimum Gasteiger partial charge on any atom is -0.477 e. The van der Waals surface area contributed by atoms with Crippen molar-refractivity contribution in [2.24, 2.45) is 0 Å². The van der Waals surface area contributed by atoms with Gasteiger partial charge in [0.25, 0.3) is 0 Å². The highest BCUT2D eigenvalue weighted by Gasteiger charge is 2.18. The Labute approximate surface area is 117 Å². The van der Waals surface area contributed by atoms with Gasteiger partial charge in [0.15, 0.2) is 0 Å². The Kier molecular flexibility index (Phi) is 4.93. The molecule has 2 rings (SSSR count). The van der Waals surface area contributed by atoms with Crippen molar-refractivity contribution in [1.82, 2.24) is 9.80 Å². The number of thiophene rings is 1. The fourth-order valence-corrected chi connectivity index (χ4v) is 3.21. The number of aryl methyl sites for hydroxylation is 1. The lowest BCUT2D eigenvalue weighted by Gasteiger charge is -2.34. The van der Waals surface area contributed by atoms with E-state index in [2.05, 4.69) is 9.80 Å². The molecule has 2 N–H and O–H groups in total. The van der Waals surface area contributed by atoms with Gasteiger partial charge in [-0.25, -0.2) is 4.79 Å². The van der Waals surface area contributed by atoms with Crippen LogP contribution in [0, 0.1) is 6.92 Å². The molecule has 1 aliphatic heterocycles. The Morgan fingerprint density at radius 3 is 2.47 bits per heavy atom. The first-order valence-corrected chi connectivity index (χ1v) is 7.30. The van der Waals surface area contributed by atoms with Crippen molar-refractivity contribution in [3.8, 4) is 0 Å². The van der Waals surface area contributed by atoms with Gasteiger partial charge in [-0.3, -0.25) is 9.80 Å². The first kappa shape index (κ1) is 14.5. The molecule has 1 aromatic heterocycles. The van der Waals surface area contributed by atoms with Gasteiger partial charge < -0.3 is 10.2 Å². The second-order valence-electron chi connectivity index (χ2n) is 4.84. The first-order chi connectivity index (χ1) is 9.10. The summed E-state index contributed by atoms with van der Waals surface area (Å²) in [5.41, 5.74) is 1.12. The third-order valence-corrected chi connectivity index (χ3v) is 4.59. The van der Waals surface area contributed by atoms with E-state index >= 15 is 0 Å². The summed E-state index contributed by atoms with van der Waals surface area (Å²) in [7, 11) is 0. The quantitative estimate of drug-likeness (QED) is 0.840. The molecule has 0 unspecified atom stereocenters. The highest BCUT2D eigenvalue weighted by Crippen LogP contribution is 2.23. The van der Waals surface area contributed by atoms with Crippen molar-refractivity contribution in [2.45, 2.75) is 13.5 Å². The van der Waals surface area contributed by atoms with Gasteiger partial charge in [0.2, 0.25) is 0 Å². The van der Waals surface area contributed by atoms with Gasteiger partial charge in [0.1, 0.15) is 4.88 Å². The zero-order valence-corrected chi connectivity index (χ0v) is 11.9. The van der Waals surface area contributed by atoms with E-state index in [1.807, 2.05) is 6.92 Å².